The van der Waals surface area contributed by atoms with Crippen molar-refractivity contribution >= 4 is 23.9 Å². The molecule has 1 atom stereocenters. The van der Waals surface area contributed by atoms with E-state index < -0.39 is 36.3 Å². The van der Waals surface area contributed by atoms with Crippen molar-refractivity contribution in [3.63, 3.8) is 0 Å². The van der Waals surface area contributed by atoms with Gasteiger partial charge in [0, 0.05) is 20.7 Å². The fourth-order valence-electron chi connectivity index (χ4n) is 1.27. The van der Waals surface area contributed by atoms with E-state index in [2.05, 4.69) is 5.32 Å². The summed E-state index contributed by atoms with van der Waals surface area (Å²) in [7, 11) is 2.76. The van der Waals surface area contributed by atoms with Crippen molar-refractivity contribution < 1.29 is 34.1 Å². The highest BCUT2D eigenvalue weighted by Crippen LogP contribution is 1.95. The van der Waals surface area contributed by atoms with Crippen molar-refractivity contribution in [2.45, 2.75) is 12.5 Å². The highest BCUT2D eigenvalue weighted by molar-refractivity contribution is 5.88. The third kappa shape index (κ3) is 8.42. The lowest BCUT2D eigenvalue weighted by molar-refractivity contribution is -0.145. The van der Waals surface area contributed by atoms with Gasteiger partial charge in [-0.05, 0) is 0 Å². The first kappa shape index (κ1) is 18.6. The van der Waals surface area contributed by atoms with Crippen LogP contribution in [0.1, 0.15) is 6.42 Å². The van der Waals surface area contributed by atoms with Gasteiger partial charge >= 0.3 is 18.0 Å². The van der Waals surface area contributed by atoms with E-state index in [0.29, 0.717) is 6.61 Å². The minimum atomic E-state index is -1.56. The number of aliphatic carboxylic acids is 2. The average Bonchev–Trinajstić information content (AvgIpc) is 2.37. The number of amides is 3. The third-order valence-corrected chi connectivity index (χ3v) is 2.33. The van der Waals surface area contributed by atoms with Gasteiger partial charge < -0.3 is 30.5 Å². The molecule has 0 fully saturated rings. The predicted molar refractivity (Wildman–Crippen MR) is 69.7 cm³/mol. The number of carboxylic acid groups (broad SMARTS) is 2. The first-order valence-corrected chi connectivity index (χ1v) is 5.99. The van der Waals surface area contributed by atoms with E-state index in [-0.39, 0.29) is 13.1 Å². The van der Waals surface area contributed by atoms with Crippen LogP contribution in [0, 0.1) is 0 Å². The SMILES string of the molecule is COCCNC(=O)CN(C)C(=O)NC(CC(=O)O)C(=O)O. The van der Waals surface area contributed by atoms with Gasteiger partial charge in [0.25, 0.3) is 0 Å². The number of hydrogen-bond acceptors (Lipinski definition) is 5. The smallest absolute Gasteiger partial charge is 0.326 e. The van der Waals surface area contributed by atoms with Gasteiger partial charge in [0.15, 0.2) is 0 Å². The molecule has 0 heterocycles. The molecule has 10 nitrogen and oxygen atoms in total. The molecule has 0 aliphatic carbocycles. The number of rotatable bonds is 9. The molecule has 0 bridgehead atoms. The van der Waals surface area contributed by atoms with Crippen LogP contribution in [0.2, 0.25) is 0 Å². The Hall–Kier alpha value is -2.36. The van der Waals surface area contributed by atoms with E-state index in [4.69, 9.17) is 14.9 Å². The summed E-state index contributed by atoms with van der Waals surface area (Å²) in [6.45, 7) is 0.303. The Bertz CT molecular complexity index is 399. The first-order valence-electron chi connectivity index (χ1n) is 5.99. The summed E-state index contributed by atoms with van der Waals surface area (Å²) in [5, 5.41) is 21.8. The van der Waals surface area contributed by atoms with Crippen LogP contribution in [-0.4, -0.2) is 78.9 Å². The molecule has 0 radical (unpaired) electrons. The Morgan fingerprint density at radius 2 is 1.86 bits per heavy atom. The minimum absolute atomic E-state index is 0.279. The van der Waals surface area contributed by atoms with Crippen molar-refractivity contribution in [3.8, 4) is 0 Å². The van der Waals surface area contributed by atoms with Crippen molar-refractivity contribution in [1.82, 2.24) is 15.5 Å². The zero-order chi connectivity index (χ0) is 16.4. The number of carbonyl (C=O) groups excluding carboxylic acids is 2. The Morgan fingerprint density at radius 1 is 1.24 bits per heavy atom. The Labute approximate surface area is 121 Å². The number of carboxylic acids is 2. The summed E-state index contributed by atoms with van der Waals surface area (Å²) >= 11 is 0. The Morgan fingerprint density at radius 3 is 2.33 bits per heavy atom. The topological polar surface area (TPSA) is 145 Å². The fraction of sp³-hybridized carbons (Fsp3) is 0.636. The standard InChI is InChI=1S/C11H19N3O7/c1-14(6-8(15)12-3-4-21-2)11(20)13-7(10(18)19)5-9(16)17/h7H,3-6H2,1-2H3,(H,12,15)(H,13,20)(H,16,17)(H,18,19). The molecule has 0 aliphatic rings. The number of ether oxygens (including phenoxy) is 1. The van der Waals surface area contributed by atoms with Gasteiger partial charge in [0.2, 0.25) is 5.91 Å². The van der Waals surface area contributed by atoms with Gasteiger partial charge in [-0.15, -0.1) is 0 Å². The number of nitrogens with zero attached hydrogens (tertiary/aromatic N) is 1. The fourth-order valence-corrected chi connectivity index (χ4v) is 1.27. The van der Waals surface area contributed by atoms with E-state index in [1.54, 1.807) is 0 Å². The average molecular weight is 305 g/mol. The zero-order valence-corrected chi connectivity index (χ0v) is 11.8. The van der Waals surface area contributed by atoms with Crippen molar-refractivity contribution in [2.75, 3.05) is 33.9 Å². The molecule has 0 saturated carbocycles. The van der Waals surface area contributed by atoms with E-state index in [1.165, 1.54) is 14.2 Å². The van der Waals surface area contributed by atoms with Gasteiger partial charge in [-0.25, -0.2) is 9.59 Å². The summed E-state index contributed by atoms with van der Waals surface area (Å²) < 4.78 is 4.73. The van der Waals surface area contributed by atoms with E-state index in [9.17, 15) is 19.2 Å². The molecule has 0 aromatic rings. The molecule has 3 amide bonds. The predicted octanol–water partition coefficient (Wildman–Crippen LogP) is -1.68. The number of likely N-dealkylation sites (N-methyl/N-ethyl adjacent to an activating group) is 1. The highest BCUT2D eigenvalue weighted by atomic mass is 16.5. The molecule has 4 N–H and O–H groups in total. The minimum Gasteiger partial charge on any atom is -0.481 e. The highest BCUT2D eigenvalue weighted by Gasteiger charge is 2.24. The van der Waals surface area contributed by atoms with Crippen molar-refractivity contribution in [1.29, 1.82) is 0 Å². The van der Waals surface area contributed by atoms with Crippen molar-refractivity contribution in [2.24, 2.45) is 0 Å². The molecule has 0 aromatic carbocycles. The van der Waals surface area contributed by atoms with E-state index >= 15 is 0 Å². The molecule has 0 rings (SSSR count). The van der Waals surface area contributed by atoms with Crippen LogP contribution >= 0.6 is 0 Å². The van der Waals surface area contributed by atoms with Crippen LogP contribution in [0.5, 0.6) is 0 Å². The number of urea groups is 1. The van der Waals surface area contributed by atoms with Gasteiger partial charge in [0.05, 0.1) is 13.0 Å². The summed E-state index contributed by atoms with van der Waals surface area (Å²) in [4.78, 5) is 45.3. The number of carbonyl (C=O) groups is 4. The molecule has 0 saturated heterocycles. The second-order valence-electron chi connectivity index (χ2n) is 4.14. The molecule has 1 unspecified atom stereocenters. The van der Waals surface area contributed by atoms with Gasteiger partial charge in [-0.2, -0.15) is 0 Å². The molecular weight excluding hydrogens is 286 g/mol. The Balaban J connectivity index is 4.32. The number of nitrogens with one attached hydrogen (secondary N) is 2. The van der Waals surface area contributed by atoms with Crippen LogP contribution in [0.4, 0.5) is 4.79 Å². The second-order valence-corrected chi connectivity index (χ2v) is 4.14. The first-order chi connectivity index (χ1) is 9.77. The lowest BCUT2D eigenvalue weighted by atomic mass is 10.2. The van der Waals surface area contributed by atoms with Crippen molar-refractivity contribution in [3.05, 3.63) is 0 Å². The quantitative estimate of drug-likeness (QED) is 0.372. The molecule has 120 valence electrons. The molecule has 21 heavy (non-hydrogen) atoms. The van der Waals surface area contributed by atoms with E-state index in [0.717, 1.165) is 4.90 Å². The van der Waals surface area contributed by atoms with Crippen LogP contribution in [0.3, 0.4) is 0 Å². The second kappa shape index (κ2) is 9.53. The van der Waals surface area contributed by atoms with E-state index in [1.807, 2.05) is 5.32 Å². The van der Waals surface area contributed by atoms with Gasteiger partial charge in [-0.1, -0.05) is 0 Å². The molecule has 0 aliphatic heterocycles. The Kier molecular flexibility index (Phi) is 8.46. The summed E-state index contributed by atoms with van der Waals surface area (Å²) in [6.07, 6.45) is -0.755. The molecule has 0 spiro atoms. The maximum atomic E-state index is 11.7. The summed E-state index contributed by atoms with van der Waals surface area (Å²) in [5.74, 6) is -3.28. The van der Waals surface area contributed by atoms with Crippen LogP contribution < -0.4 is 10.6 Å². The number of hydrogen-bond donors (Lipinski definition) is 4. The molecular formula is C11H19N3O7. The summed E-state index contributed by atoms with van der Waals surface area (Å²) in [6, 6.07) is -2.42. The zero-order valence-electron chi connectivity index (χ0n) is 11.8. The maximum absolute atomic E-state index is 11.7. The third-order valence-electron chi connectivity index (χ3n) is 2.33. The van der Waals surface area contributed by atoms with Gasteiger partial charge in [-0.3, -0.25) is 9.59 Å². The lowest BCUT2D eigenvalue weighted by Gasteiger charge is -2.20. The van der Waals surface area contributed by atoms with Crippen LogP contribution in [0.25, 0.3) is 0 Å². The maximum Gasteiger partial charge on any atom is 0.326 e. The summed E-state index contributed by atoms with van der Waals surface area (Å²) in [5.41, 5.74) is 0. The largest absolute Gasteiger partial charge is 0.481 e. The lowest BCUT2D eigenvalue weighted by Crippen LogP contribution is -2.49. The van der Waals surface area contributed by atoms with Crippen LogP contribution in [-0.2, 0) is 19.1 Å². The number of methoxy groups -OCH3 is 1. The monoisotopic (exact) mass is 305 g/mol. The molecule has 0 aromatic heterocycles. The van der Waals surface area contributed by atoms with Crippen LogP contribution in [0.15, 0.2) is 0 Å². The molecule has 10 heteroatoms. The van der Waals surface area contributed by atoms with Gasteiger partial charge in [0.1, 0.15) is 12.6 Å². The normalized spacial score (nSPS) is 11.3.